The quantitative estimate of drug-likeness (QED) is 0.679. The van der Waals surface area contributed by atoms with Crippen molar-refractivity contribution in [1.82, 2.24) is 19.5 Å². The summed E-state index contributed by atoms with van der Waals surface area (Å²) in [5, 5.41) is 0. The van der Waals surface area contributed by atoms with Gasteiger partial charge in [-0.2, -0.15) is 9.97 Å². The maximum atomic E-state index is 15.9. The summed E-state index contributed by atoms with van der Waals surface area (Å²) in [5.74, 6) is -2.77. The van der Waals surface area contributed by atoms with Gasteiger partial charge in [-0.05, 0) is 27.7 Å². The molecule has 11 nitrogen and oxygen atoms in total. The van der Waals surface area contributed by atoms with Gasteiger partial charge in [-0.1, -0.05) is 0 Å². The number of nitrogen functional groups attached to an aromatic ring is 1. The highest BCUT2D eigenvalue weighted by atomic mass is 31.2. The molecular weight excluding hydrogens is 427 g/mol. The zero-order valence-corrected chi connectivity index (χ0v) is 17.6. The summed E-state index contributed by atoms with van der Waals surface area (Å²) < 4.78 is 71.2. The van der Waals surface area contributed by atoms with Gasteiger partial charge in [0, 0.05) is 0 Å². The van der Waals surface area contributed by atoms with Crippen molar-refractivity contribution in [3.63, 3.8) is 0 Å². The van der Waals surface area contributed by atoms with Gasteiger partial charge in [0.1, 0.15) is 6.61 Å². The average molecular weight is 449 g/mol. The SMILES string of the molecule is CCOc1nc(N)nc2c1ncn2[C@@H]1O[C@]2(F)COP(=O)(OC(C)C)OC2[C@@]1(C)F. The average Bonchev–Trinajstić information content (AvgIpc) is 3.13. The second-order valence-corrected chi connectivity index (χ2v) is 8.99. The predicted molar refractivity (Wildman–Crippen MR) is 99.0 cm³/mol. The molecule has 2 unspecified atom stereocenters. The van der Waals surface area contributed by atoms with E-state index in [1.54, 1.807) is 20.8 Å². The fourth-order valence-electron chi connectivity index (χ4n) is 3.49. The van der Waals surface area contributed by atoms with Crippen LogP contribution in [0.25, 0.3) is 11.2 Å². The number of imidazole rings is 1. The fourth-order valence-corrected chi connectivity index (χ4v) is 5.13. The highest BCUT2D eigenvalue weighted by Crippen LogP contribution is 2.63. The number of fused-ring (bicyclic) bond motifs is 2. The summed E-state index contributed by atoms with van der Waals surface area (Å²) in [5.41, 5.74) is 3.49. The maximum Gasteiger partial charge on any atom is 0.475 e. The van der Waals surface area contributed by atoms with Crippen molar-refractivity contribution in [3.05, 3.63) is 6.33 Å². The molecule has 0 aliphatic carbocycles. The first-order valence-corrected chi connectivity index (χ1v) is 10.7. The molecular formula is C16H22F2N5O6P. The van der Waals surface area contributed by atoms with Crippen LogP contribution in [0.15, 0.2) is 6.33 Å². The molecule has 4 heterocycles. The molecule has 0 spiro atoms. The number of nitrogens with two attached hydrogens (primary N) is 1. The molecule has 2 aliphatic heterocycles. The van der Waals surface area contributed by atoms with Crippen LogP contribution in [0, 0.1) is 0 Å². The number of anilines is 1. The number of rotatable bonds is 5. The van der Waals surface area contributed by atoms with Crippen LogP contribution in [-0.2, 0) is 22.9 Å². The summed E-state index contributed by atoms with van der Waals surface area (Å²) in [6.45, 7) is 5.42. The summed E-state index contributed by atoms with van der Waals surface area (Å²) in [6, 6.07) is 0. The summed E-state index contributed by atoms with van der Waals surface area (Å²) >= 11 is 0. The van der Waals surface area contributed by atoms with Crippen molar-refractivity contribution in [3.8, 4) is 5.88 Å². The van der Waals surface area contributed by atoms with Crippen molar-refractivity contribution < 1.29 is 36.4 Å². The minimum atomic E-state index is -4.19. The van der Waals surface area contributed by atoms with Gasteiger partial charge in [0.05, 0.1) is 19.0 Å². The van der Waals surface area contributed by atoms with Crippen molar-refractivity contribution in [2.45, 2.75) is 57.7 Å². The first-order chi connectivity index (χ1) is 14.0. The van der Waals surface area contributed by atoms with E-state index in [2.05, 4.69) is 15.0 Å². The van der Waals surface area contributed by atoms with Crippen LogP contribution in [0.3, 0.4) is 0 Å². The Morgan fingerprint density at radius 1 is 1.43 bits per heavy atom. The Bertz CT molecular complexity index is 1020. The van der Waals surface area contributed by atoms with Crippen LogP contribution >= 0.6 is 7.82 Å². The number of aromatic nitrogens is 4. The van der Waals surface area contributed by atoms with Gasteiger partial charge in [0.15, 0.2) is 29.2 Å². The molecule has 0 aromatic carbocycles. The highest BCUT2D eigenvalue weighted by molar-refractivity contribution is 7.48. The molecule has 0 saturated carbocycles. The Kier molecular flexibility index (Phi) is 5.02. The van der Waals surface area contributed by atoms with Gasteiger partial charge in [0.25, 0.3) is 5.85 Å². The van der Waals surface area contributed by atoms with E-state index in [0.717, 1.165) is 11.5 Å². The largest absolute Gasteiger partial charge is 0.476 e. The number of ether oxygens (including phenoxy) is 2. The van der Waals surface area contributed by atoms with Gasteiger partial charge in [-0.25, -0.2) is 18.3 Å². The lowest BCUT2D eigenvalue weighted by Crippen LogP contribution is -2.51. The van der Waals surface area contributed by atoms with Crippen molar-refractivity contribution in [2.24, 2.45) is 0 Å². The van der Waals surface area contributed by atoms with E-state index >= 15 is 8.78 Å². The van der Waals surface area contributed by atoms with Gasteiger partial charge >= 0.3 is 7.82 Å². The normalized spacial score (nSPS) is 36.4. The maximum absolute atomic E-state index is 15.9. The molecule has 30 heavy (non-hydrogen) atoms. The lowest BCUT2D eigenvalue weighted by molar-refractivity contribution is -0.220. The Hall–Kier alpha value is -1.92. The smallest absolute Gasteiger partial charge is 0.475 e. The first kappa shape index (κ1) is 21.3. The van der Waals surface area contributed by atoms with Gasteiger partial charge in [-0.15, -0.1) is 0 Å². The predicted octanol–water partition coefficient (Wildman–Crippen LogP) is 2.68. The first-order valence-electron chi connectivity index (χ1n) is 9.29. The standard InChI is InChI=1S/C16H22F2N5O6P/c1-5-25-11-9-10(21-14(19)22-11)23(7-20-9)13-15(4,17)12-16(18,27-13)6-26-30(24,29-12)28-8(2)3/h7-8,12-13H,5-6H2,1-4H3,(H2,19,21,22)/t12?,13-,15-,16-,30?/m1/s1. The van der Waals surface area contributed by atoms with E-state index in [1.807, 2.05) is 0 Å². The minimum absolute atomic E-state index is 0.0737. The van der Waals surface area contributed by atoms with Crippen molar-refractivity contribution in [1.29, 1.82) is 0 Å². The highest BCUT2D eigenvalue weighted by Gasteiger charge is 2.70. The van der Waals surface area contributed by atoms with Gasteiger partial charge in [0.2, 0.25) is 11.8 Å². The molecule has 2 aromatic heterocycles. The van der Waals surface area contributed by atoms with E-state index in [4.69, 9.17) is 28.8 Å². The topological polar surface area (TPSA) is 133 Å². The Labute approximate surface area is 170 Å². The zero-order chi connectivity index (χ0) is 21.9. The van der Waals surface area contributed by atoms with E-state index in [-0.39, 0.29) is 29.6 Å². The van der Waals surface area contributed by atoms with E-state index in [0.29, 0.717) is 0 Å². The van der Waals surface area contributed by atoms with E-state index in [9.17, 15) is 4.57 Å². The molecule has 2 saturated heterocycles. The van der Waals surface area contributed by atoms with Crippen molar-refractivity contribution in [2.75, 3.05) is 18.9 Å². The molecule has 5 atom stereocenters. The second kappa shape index (κ2) is 7.06. The Balaban J connectivity index is 1.74. The lowest BCUT2D eigenvalue weighted by Gasteiger charge is -2.36. The van der Waals surface area contributed by atoms with Crippen LogP contribution in [0.2, 0.25) is 0 Å². The summed E-state index contributed by atoms with van der Waals surface area (Å²) in [4.78, 5) is 12.2. The Morgan fingerprint density at radius 3 is 2.83 bits per heavy atom. The number of hydrogen-bond acceptors (Lipinski definition) is 10. The molecule has 14 heteroatoms. The molecule has 166 valence electrons. The number of hydrogen-bond donors (Lipinski definition) is 1. The molecule has 4 rings (SSSR count). The third-order valence-corrected chi connectivity index (χ3v) is 6.22. The molecule has 2 aromatic rings. The van der Waals surface area contributed by atoms with Crippen LogP contribution < -0.4 is 10.5 Å². The fraction of sp³-hybridized carbons (Fsp3) is 0.688. The number of nitrogens with zero attached hydrogens (tertiary/aromatic N) is 4. The number of phosphoric acid groups is 1. The zero-order valence-electron chi connectivity index (χ0n) is 16.7. The molecule has 2 fully saturated rings. The monoisotopic (exact) mass is 449 g/mol. The van der Waals surface area contributed by atoms with Crippen LogP contribution in [0.5, 0.6) is 5.88 Å². The molecule has 2 N–H and O–H groups in total. The Morgan fingerprint density at radius 2 is 2.17 bits per heavy atom. The summed E-state index contributed by atoms with van der Waals surface area (Å²) in [6.07, 6.45) is -2.83. The lowest BCUT2D eigenvalue weighted by atomic mass is 9.97. The molecule has 2 aliphatic rings. The van der Waals surface area contributed by atoms with E-state index < -0.39 is 44.4 Å². The van der Waals surface area contributed by atoms with Crippen LogP contribution in [0.1, 0.15) is 33.9 Å². The number of halogens is 2. The van der Waals surface area contributed by atoms with E-state index in [1.165, 1.54) is 6.33 Å². The molecule has 0 radical (unpaired) electrons. The third kappa shape index (κ3) is 3.34. The van der Waals surface area contributed by atoms with Gasteiger partial charge in [-0.3, -0.25) is 18.1 Å². The number of phosphoric ester groups is 1. The van der Waals surface area contributed by atoms with Gasteiger partial charge < -0.3 is 15.2 Å². The van der Waals surface area contributed by atoms with Crippen molar-refractivity contribution >= 4 is 24.9 Å². The van der Waals surface area contributed by atoms with Crippen LogP contribution in [-0.4, -0.2) is 56.5 Å². The number of alkyl halides is 2. The summed E-state index contributed by atoms with van der Waals surface area (Å²) in [7, 11) is -4.19. The van der Waals surface area contributed by atoms with Crippen LogP contribution in [0.4, 0.5) is 14.7 Å². The molecule has 0 amide bonds. The minimum Gasteiger partial charge on any atom is -0.476 e. The molecule has 0 bridgehead atoms. The third-order valence-electron chi connectivity index (χ3n) is 4.63. The second-order valence-electron chi connectivity index (χ2n) is 7.41.